The summed E-state index contributed by atoms with van der Waals surface area (Å²) in [5.41, 5.74) is 8.07. The molecular weight excluding hydrogens is 848 g/mol. The van der Waals surface area contributed by atoms with Crippen LogP contribution in [0.3, 0.4) is 0 Å². The number of nitrogens with zero attached hydrogens (tertiary/aromatic N) is 2. The first-order valence-electron chi connectivity index (χ1n) is 19.5. The molecule has 61 heavy (non-hydrogen) atoms. The number of aryl methyl sites for hydroxylation is 1. The summed E-state index contributed by atoms with van der Waals surface area (Å²) in [6.07, 6.45) is -18.0. The molecule has 4 fully saturated rings. The highest BCUT2D eigenvalue weighted by molar-refractivity contribution is 8.19. The number of nitrogens with two attached hydrogens (primary N) is 1. The van der Waals surface area contributed by atoms with Crippen LogP contribution in [0.4, 0.5) is 5.69 Å². The third-order valence-electron chi connectivity index (χ3n) is 9.99. The first-order chi connectivity index (χ1) is 29.1. The van der Waals surface area contributed by atoms with Crippen LogP contribution < -0.4 is 20.7 Å². The number of ether oxygens (including phenoxy) is 7. The molecule has 20 nitrogen and oxygen atoms in total. The number of hydrogen-bond acceptors (Lipinski definition) is 19. The van der Waals surface area contributed by atoms with Gasteiger partial charge in [0.2, 0.25) is 5.91 Å². The number of para-hydroxylation sites is 1. The SMILES string of the molecule is CCCN=C1S/C(=C\c2ccc(OC[C@H](O)COC3O[C@H](CO)[C@H](OC4O[C@@H](NC(C)=O)[C@@H](O)[C@H](O)[C@H]4O)[C@H]3O[C@@H]3O[C@H](O)[C@@H](N)[C@@H]3O)c(Cl)c2)C(=O)N1c1ccccc1C. The number of carbonyl (C=O) groups is 2. The summed E-state index contributed by atoms with van der Waals surface area (Å²) < 4.78 is 40.1. The molecule has 4 aliphatic heterocycles. The fourth-order valence-electron chi connectivity index (χ4n) is 6.77. The van der Waals surface area contributed by atoms with Crippen LogP contribution in [0.2, 0.25) is 5.02 Å². The zero-order valence-corrected chi connectivity index (χ0v) is 34.9. The van der Waals surface area contributed by atoms with E-state index in [0.29, 0.717) is 22.2 Å². The fourth-order valence-corrected chi connectivity index (χ4v) is 8.01. The van der Waals surface area contributed by atoms with Gasteiger partial charge in [0.15, 0.2) is 36.6 Å². The summed E-state index contributed by atoms with van der Waals surface area (Å²) in [7, 11) is 0. The lowest BCUT2D eigenvalue weighted by molar-refractivity contribution is -0.326. The molecule has 2 aromatic rings. The van der Waals surface area contributed by atoms with Crippen molar-refractivity contribution in [2.24, 2.45) is 10.7 Å². The van der Waals surface area contributed by atoms with Crippen molar-refractivity contribution in [2.75, 3.05) is 31.3 Å². The molecule has 0 spiro atoms. The Morgan fingerprint density at radius 1 is 1.00 bits per heavy atom. The lowest BCUT2D eigenvalue weighted by atomic mass is 10.0. The number of hydrogen-bond donors (Lipinski definition) is 9. The van der Waals surface area contributed by atoms with Crippen molar-refractivity contribution >= 4 is 52.1 Å². The van der Waals surface area contributed by atoms with Gasteiger partial charge in [-0.05, 0) is 60.5 Å². The molecular formula is C39H51ClN4O16S. The highest BCUT2D eigenvalue weighted by Crippen LogP contribution is 2.39. The van der Waals surface area contributed by atoms with Crippen molar-refractivity contribution in [3.8, 4) is 5.75 Å². The standard InChI is InChI=1S/C39H51ClN4O16S/c1-4-11-42-39-44(22-8-6-5-7-17(22)2)34(52)25(61-39)13-19-9-10-23(21(40)12-19)54-15-20(47)16-55-38-32(58-36-27(48)26(41)35(53)60-36)31(24(14-45)56-38)57-37-30(51)28(49)29(50)33(59-37)43-18(3)46/h5-10,12-13,20,24,26-33,35-38,45,47-51,53H,4,11,14-16,41H2,1-3H3,(H,43,46)/b25-13-,42-39?/t20-,24+,26-,27-,28-,29-,30+,31-,32+,33+,35-,36+,37?,38?/m0/s1. The minimum Gasteiger partial charge on any atom is -0.489 e. The first-order valence-corrected chi connectivity index (χ1v) is 20.7. The Morgan fingerprint density at radius 3 is 2.38 bits per heavy atom. The van der Waals surface area contributed by atoms with Crippen LogP contribution >= 0.6 is 23.4 Å². The van der Waals surface area contributed by atoms with Gasteiger partial charge in [0.25, 0.3) is 5.91 Å². The van der Waals surface area contributed by atoms with Gasteiger partial charge in [0.05, 0.1) is 34.9 Å². The van der Waals surface area contributed by atoms with Crippen molar-refractivity contribution in [1.29, 1.82) is 0 Å². The van der Waals surface area contributed by atoms with Gasteiger partial charge in [-0.25, -0.2) is 0 Å². The second-order valence-electron chi connectivity index (χ2n) is 14.7. The normalized spacial score (nSPS) is 34.7. The lowest BCUT2D eigenvalue weighted by Crippen LogP contribution is -2.64. The molecule has 4 saturated heterocycles. The second kappa shape index (κ2) is 20.9. The molecule has 4 aliphatic rings. The number of benzene rings is 2. The van der Waals surface area contributed by atoms with E-state index in [9.17, 15) is 45.3 Å². The Labute approximate surface area is 359 Å². The molecule has 0 bridgehead atoms. The molecule has 0 saturated carbocycles. The van der Waals surface area contributed by atoms with Crippen LogP contribution in [0, 0.1) is 6.92 Å². The van der Waals surface area contributed by atoms with E-state index < -0.39 is 105 Å². The highest BCUT2D eigenvalue weighted by Gasteiger charge is 2.54. The monoisotopic (exact) mass is 898 g/mol. The number of aliphatic hydroxyl groups is 7. The number of rotatable bonds is 16. The van der Waals surface area contributed by atoms with Crippen LogP contribution in [0.15, 0.2) is 52.4 Å². The predicted octanol–water partition coefficient (Wildman–Crippen LogP) is -0.957. The number of halogens is 1. The van der Waals surface area contributed by atoms with Gasteiger partial charge < -0.3 is 80.0 Å². The molecule has 336 valence electrons. The van der Waals surface area contributed by atoms with E-state index >= 15 is 0 Å². The zero-order chi connectivity index (χ0) is 44.1. The van der Waals surface area contributed by atoms with E-state index in [1.165, 1.54) is 11.8 Å². The Kier molecular flexibility index (Phi) is 16.2. The largest absolute Gasteiger partial charge is 0.489 e. The van der Waals surface area contributed by atoms with E-state index in [4.69, 9.17) is 50.5 Å². The number of carbonyl (C=O) groups excluding carboxylic acids is 2. The van der Waals surface area contributed by atoms with E-state index in [1.54, 1.807) is 29.2 Å². The van der Waals surface area contributed by atoms with Crippen LogP contribution in [-0.2, 0) is 38.0 Å². The number of aliphatic hydroxyl groups excluding tert-OH is 7. The maximum Gasteiger partial charge on any atom is 0.271 e. The van der Waals surface area contributed by atoms with Crippen molar-refractivity contribution in [1.82, 2.24) is 5.32 Å². The first kappa shape index (κ1) is 47.2. The topological polar surface area (TPSA) is 294 Å². The molecule has 4 heterocycles. The third kappa shape index (κ3) is 10.9. The van der Waals surface area contributed by atoms with Crippen LogP contribution in [0.1, 0.15) is 31.4 Å². The average molecular weight is 899 g/mol. The Bertz CT molecular complexity index is 1910. The molecule has 6 rings (SSSR count). The van der Waals surface area contributed by atoms with Gasteiger partial charge in [0.1, 0.15) is 61.2 Å². The van der Waals surface area contributed by atoms with Gasteiger partial charge in [-0.1, -0.05) is 42.8 Å². The maximum absolute atomic E-state index is 13.6. The third-order valence-corrected chi connectivity index (χ3v) is 11.3. The van der Waals surface area contributed by atoms with Gasteiger partial charge in [-0.3, -0.25) is 19.5 Å². The highest BCUT2D eigenvalue weighted by atomic mass is 35.5. The van der Waals surface area contributed by atoms with Crippen LogP contribution in [0.5, 0.6) is 5.75 Å². The van der Waals surface area contributed by atoms with E-state index in [1.807, 2.05) is 38.1 Å². The van der Waals surface area contributed by atoms with Gasteiger partial charge >= 0.3 is 0 Å². The summed E-state index contributed by atoms with van der Waals surface area (Å²) in [4.78, 5) is 32.0. The van der Waals surface area contributed by atoms with Gasteiger partial charge in [-0.2, -0.15) is 0 Å². The van der Waals surface area contributed by atoms with Crippen molar-refractivity contribution in [3.05, 3.63) is 63.5 Å². The van der Waals surface area contributed by atoms with Gasteiger partial charge in [-0.15, -0.1) is 0 Å². The molecule has 0 radical (unpaired) electrons. The molecule has 22 heteroatoms. The van der Waals surface area contributed by atoms with E-state index in [2.05, 4.69) is 10.3 Å². The molecule has 2 aromatic carbocycles. The number of nitrogens with one attached hydrogen (secondary N) is 1. The molecule has 0 aliphatic carbocycles. The predicted molar refractivity (Wildman–Crippen MR) is 217 cm³/mol. The smallest absolute Gasteiger partial charge is 0.271 e. The summed E-state index contributed by atoms with van der Waals surface area (Å²) >= 11 is 7.84. The van der Waals surface area contributed by atoms with E-state index in [-0.39, 0.29) is 23.3 Å². The number of anilines is 1. The van der Waals surface area contributed by atoms with Crippen LogP contribution in [-0.4, -0.2) is 165 Å². The minimum absolute atomic E-state index is 0.188. The lowest BCUT2D eigenvalue weighted by Gasteiger charge is -2.42. The van der Waals surface area contributed by atoms with Crippen LogP contribution in [0.25, 0.3) is 6.08 Å². The number of amides is 2. The molecule has 0 aromatic heterocycles. The Balaban J connectivity index is 1.11. The maximum atomic E-state index is 13.6. The fraction of sp³-hybridized carbons (Fsp3) is 0.564. The van der Waals surface area contributed by atoms with Crippen molar-refractivity contribution < 1.29 is 78.5 Å². The molecule has 2 unspecified atom stereocenters. The Hall–Kier alpha value is -3.33. The summed E-state index contributed by atoms with van der Waals surface area (Å²) in [6.45, 7) is 4.09. The second-order valence-corrected chi connectivity index (χ2v) is 16.1. The molecule has 14 atom stereocenters. The summed E-state index contributed by atoms with van der Waals surface area (Å²) in [6, 6.07) is 11.2. The Morgan fingerprint density at radius 2 is 1.72 bits per heavy atom. The summed E-state index contributed by atoms with van der Waals surface area (Å²) in [5, 5.41) is 76.4. The minimum atomic E-state index is -1.88. The van der Waals surface area contributed by atoms with E-state index in [0.717, 1.165) is 24.6 Å². The summed E-state index contributed by atoms with van der Waals surface area (Å²) in [5.74, 6) is -0.641. The zero-order valence-electron chi connectivity index (χ0n) is 33.3. The number of aliphatic imine (C=N–C) groups is 1. The number of thioether (sulfide) groups is 1. The van der Waals surface area contributed by atoms with Crippen molar-refractivity contribution in [2.45, 2.75) is 113 Å². The number of amidine groups is 1. The average Bonchev–Trinajstić information content (AvgIpc) is 3.81. The quantitative estimate of drug-likeness (QED) is 0.0918. The molecule has 2 amide bonds. The van der Waals surface area contributed by atoms with Crippen molar-refractivity contribution in [3.63, 3.8) is 0 Å². The molecule has 10 N–H and O–H groups in total. The van der Waals surface area contributed by atoms with Gasteiger partial charge in [0, 0.05) is 13.5 Å².